The van der Waals surface area contributed by atoms with E-state index in [-0.39, 0.29) is 11.2 Å². The fraction of sp³-hybridized carbons (Fsp3) is 0.467. The van der Waals surface area contributed by atoms with E-state index in [1.807, 2.05) is 20.8 Å². The number of ketones is 1. The van der Waals surface area contributed by atoms with Crippen LogP contribution in [0.4, 0.5) is 10.5 Å². The Labute approximate surface area is 113 Å². The van der Waals surface area contributed by atoms with E-state index in [2.05, 4.69) is 5.32 Å². The van der Waals surface area contributed by atoms with E-state index >= 15 is 0 Å². The molecule has 1 aromatic carbocycles. The molecule has 1 aromatic rings. The third-order valence-corrected chi connectivity index (χ3v) is 2.95. The van der Waals surface area contributed by atoms with Gasteiger partial charge in [0.25, 0.3) is 0 Å². The molecule has 0 saturated carbocycles. The second-order valence-electron chi connectivity index (χ2n) is 6.02. The molecule has 0 aromatic heterocycles. The number of anilines is 1. The van der Waals surface area contributed by atoms with Crippen LogP contribution in [0.25, 0.3) is 0 Å². The van der Waals surface area contributed by atoms with Crippen LogP contribution in [-0.4, -0.2) is 18.5 Å². The Morgan fingerprint density at radius 2 is 2.05 bits per heavy atom. The van der Waals surface area contributed by atoms with Gasteiger partial charge in [-0.2, -0.15) is 0 Å². The monoisotopic (exact) mass is 261 g/mol. The lowest BCUT2D eigenvalue weighted by molar-refractivity contribution is 0.0994. The van der Waals surface area contributed by atoms with Crippen LogP contribution in [0.3, 0.4) is 0 Å². The maximum atomic E-state index is 11.7. The van der Waals surface area contributed by atoms with E-state index in [4.69, 9.17) is 4.74 Å². The van der Waals surface area contributed by atoms with Gasteiger partial charge in [-0.1, -0.05) is 32.9 Å². The average molecular weight is 261 g/mol. The molecule has 2 rings (SSSR count). The Morgan fingerprint density at radius 3 is 2.74 bits per heavy atom. The zero-order valence-corrected chi connectivity index (χ0v) is 11.6. The minimum atomic E-state index is -0.470. The van der Waals surface area contributed by atoms with E-state index in [0.29, 0.717) is 30.7 Å². The molecule has 1 aliphatic rings. The minimum Gasteiger partial charge on any atom is -0.449 e. The van der Waals surface area contributed by atoms with Gasteiger partial charge in [0.05, 0.1) is 6.61 Å². The van der Waals surface area contributed by atoms with Crippen LogP contribution in [0.5, 0.6) is 0 Å². The fourth-order valence-electron chi connectivity index (χ4n) is 2.04. The summed E-state index contributed by atoms with van der Waals surface area (Å²) in [6.07, 6.45) is 0.734. The first-order chi connectivity index (χ1) is 8.87. The lowest BCUT2D eigenvalue weighted by Crippen LogP contribution is -2.22. The maximum absolute atomic E-state index is 11.7. The number of amides is 1. The number of Topliss-reactive ketones (excluding diaryl/α,β-unsaturated/α-hetero) is 1. The zero-order valence-electron chi connectivity index (χ0n) is 11.6. The third kappa shape index (κ3) is 3.34. The standard InChI is InChI=1S/C15H19NO3/c1-15(2,3)9-19-14(18)16-12-6-4-5-11-10(12)7-8-13(11)17/h4-6H,7-9H2,1-3H3,(H,16,18). The van der Waals surface area contributed by atoms with E-state index in [1.165, 1.54) is 0 Å². The SMILES string of the molecule is CC(C)(C)COC(=O)Nc1cccc2c1CCC2=O. The normalized spacial score (nSPS) is 14.2. The molecule has 1 aliphatic carbocycles. The highest BCUT2D eigenvalue weighted by Crippen LogP contribution is 2.28. The lowest BCUT2D eigenvalue weighted by Gasteiger charge is -2.18. The number of hydrogen-bond donors (Lipinski definition) is 1. The summed E-state index contributed by atoms with van der Waals surface area (Å²) in [6, 6.07) is 5.38. The average Bonchev–Trinajstić information content (AvgIpc) is 2.69. The maximum Gasteiger partial charge on any atom is 0.411 e. The second kappa shape index (κ2) is 5.03. The van der Waals surface area contributed by atoms with Gasteiger partial charge in [-0.3, -0.25) is 10.1 Å². The van der Waals surface area contributed by atoms with Crippen molar-refractivity contribution < 1.29 is 14.3 Å². The van der Waals surface area contributed by atoms with Crippen molar-refractivity contribution in [2.45, 2.75) is 33.6 Å². The summed E-state index contributed by atoms with van der Waals surface area (Å²) in [7, 11) is 0. The molecule has 0 atom stereocenters. The molecule has 4 heteroatoms. The lowest BCUT2D eigenvalue weighted by atomic mass is 9.99. The molecule has 0 bridgehead atoms. The highest BCUT2D eigenvalue weighted by atomic mass is 16.5. The molecule has 0 aliphatic heterocycles. The zero-order chi connectivity index (χ0) is 14.0. The Morgan fingerprint density at radius 1 is 1.32 bits per heavy atom. The summed E-state index contributed by atoms with van der Waals surface area (Å²) in [5.41, 5.74) is 2.25. The van der Waals surface area contributed by atoms with Crippen LogP contribution >= 0.6 is 0 Å². The summed E-state index contributed by atoms with van der Waals surface area (Å²) < 4.78 is 5.16. The Balaban J connectivity index is 2.05. The van der Waals surface area contributed by atoms with E-state index in [1.54, 1.807) is 18.2 Å². The van der Waals surface area contributed by atoms with E-state index < -0.39 is 6.09 Å². The van der Waals surface area contributed by atoms with Crippen LogP contribution in [0.15, 0.2) is 18.2 Å². The molecule has 0 unspecified atom stereocenters. The first-order valence-corrected chi connectivity index (χ1v) is 6.46. The van der Waals surface area contributed by atoms with Gasteiger partial charge >= 0.3 is 6.09 Å². The van der Waals surface area contributed by atoms with E-state index in [9.17, 15) is 9.59 Å². The van der Waals surface area contributed by atoms with Crippen LogP contribution in [0.2, 0.25) is 0 Å². The van der Waals surface area contributed by atoms with Gasteiger partial charge in [0, 0.05) is 17.7 Å². The quantitative estimate of drug-likeness (QED) is 0.887. The van der Waals surface area contributed by atoms with Crippen molar-refractivity contribution >= 4 is 17.6 Å². The molecule has 102 valence electrons. The van der Waals surface area contributed by atoms with Crippen LogP contribution < -0.4 is 5.32 Å². The van der Waals surface area contributed by atoms with E-state index in [0.717, 1.165) is 5.56 Å². The van der Waals surface area contributed by atoms with Gasteiger partial charge in [0.15, 0.2) is 5.78 Å². The van der Waals surface area contributed by atoms with Crippen LogP contribution in [0.1, 0.15) is 43.1 Å². The molecule has 0 saturated heterocycles. The number of hydrogen-bond acceptors (Lipinski definition) is 3. The molecule has 1 amide bonds. The predicted octanol–water partition coefficient (Wildman–Crippen LogP) is 3.41. The molecule has 0 spiro atoms. The number of fused-ring (bicyclic) bond motifs is 1. The van der Waals surface area contributed by atoms with Crippen molar-refractivity contribution in [3.63, 3.8) is 0 Å². The number of carbonyl (C=O) groups excluding carboxylic acids is 2. The smallest absolute Gasteiger partial charge is 0.411 e. The highest BCUT2D eigenvalue weighted by Gasteiger charge is 2.23. The first kappa shape index (κ1) is 13.6. The topological polar surface area (TPSA) is 55.4 Å². The van der Waals surface area contributed by atoms with Gasteiger partial charge < -0.3 is 4.74 Å². The van der Waals surface area contributed by atoms with Crippen molar-refractivity contribution in [1.29, 1.82) is 0 Å². The largest absolute Gasteiger partial charge is 0.449 e. The fourth-order valence-corrected chi connectivity index (χ4v) is 2.04. The van der Waals surface area contributed by atoms with Gasteiger partial charge in [-0.05, 0) is 23.5 Å². The first-order valence-electron chi connectivity index (χ1n) is 6.46. The number of ether oxygens (including phenoxy) is 1. The molecule has 0 heterocycles. The van der Waals surface area contributed by atoms with Gasteiger partial charge in [0.1, 0.15) is 0 Å². The van der Waals surface area contributed by atoms with Gasteiger partial charge in [-0.25, -0.2) is 4.79 Å². The van der Waals surface area contributed by atoms with Crippen molar-refractivity contribution in [3.05, 3.63) is 29.3 Å². The molecule has 4 nitrogen and oxygen atoms in total. The summed E-state index contributed by atoms with van der Waals surface area (Å²) >= 11 is 0. The molecular weight excluding hydrogens is 242 g/mol. The van der Waals surface area contributed by atoms with Gasteiger partial charge in [-0.15, -0.1) is 0 Å². The van der Waals surface area contributed by atoms with Crippen molar-refractivity contribution in [2.24, 2.45) is 5.41 Å². The Hall–Kier alpha value is -1.84. The van der Waals surface area contributed by atoms with Crippen LogP contribution in [0, 0.1) is 5.41 Å². The Bertz CT molecular complexity index is 515. The molecule has 1 N–H and O–H groups in total. The number of carbonyl (C=O) groups is 2. The summed E-state index contributed by atoms with van der Waals surface area (Å²) in [5, 5.41) is 2.72. The van der Waals surface area contributed by atoms with Crippen molar-refractivity contribution in [2.75, 3.05) is 11.9 Å². The second-order valence-corrected chi connectivity index (χ2v) is 6.02. The highest BCUT2D eigenvalue weighted by molar-refractivity contribution is 6.03. The summed E-state index contributed by atoms with van der Waals surface area (Å²) in [5.74, 6) is 0.140. The number of nitrogens with one attached hydrogen (secondary N) is 1. The summed E-state index contributed by atoms with van der Waals surface area (Å²) in [4.78, 5) is 23.3. The molecule has 19 heavy (non-hydrogen) atoms. The third-order valence-electron chi connectivity index (χ3n) is 2.95. The van der Waals surface area contributed by atoms with Crippen molar-refractivity contribution in [1.82, 2.24) is 0 Å². The molecule has 0 fully saturated rings. The predicted molar refractivity (Wildman–Crippen MR) is 73.5 cm³/mol. The van der Waals surface area contributed by atoms with Crippen molar-refractivity contribution in [3.8, 4) is 0 Å². The molecule has 0 radical (unpaired) electrons. The molecular formula is C15H19NO3. The summed E-state index contributed by atoms with van der Waals surface area (Å²) in [6.45, 7) is 6.35. The number of benzene rings is 1. The van der Waals surface area contributed by atoms with Gasteiger partial charge in [0.2, 0.25) is 0 Å². The number of rotatable bonds is 2. The van der Waals surface area contributed by atoms with Crippen LogP contribution in [-0.2, 0) is 11.2 Å². The minimum absolute atomic E-state index is 0.0636. The Kier molecular flexibility index (Phi) is 3.60.